The van der Waals surface area contributed by atoms with Crippen molar-refractivity contribution in [2.75, 3.05) is 0 Å². The Labute approximate surface area is 119 Å². The van der Waals surface area contributed by atoms with Crippen LogP contribution in [0.5, 0.6) is 0 Å². The second-order valence-corrected chi connectivity index (χ2v) is 7.48. The lowest BCUT2D eigenvalue weighted by Gasteiger charge is -2.48. The molecule has 2 aliphatic rings. The van der Waals surface area contributed by atoms with Gasteiger partial charge < -0.3 is 11.5 Å². The van der Waals surface area contributed by atoms with Gasteiger partial charge in [0.2, 0.25) is 0 Å². The zero-order valence-corrected chi connectivity index (χ0v) is 13.0. The Morgan fingerprint density at radius 1 is 0.789 bits per heavy atom. The molecular formula is C17H34N2. The molecule has 0 amide bonds. The molecule has 4 N–H and O–H groups in total. The molecule has 19 heavy (non-hydrogen) atoms. The molecule has 0 bridgehead atoms. The van der Waals surface area contributed by atoms with Crippen LogP contribution in [0.25, 0.3) is 0 Å². The zero-order chi connectivity index (χ0) is 13.9. The van der Waals surface area contributed by atoms with Crippen LogP contribution in [0, 0.1) is 17.3 Å². The molecule has 112 valence electrons. The molecule has 0 atom stereocenters. The Balaban J connectivity index is 2.03. The smallest absolute Gasteiger partial charge is 0.00390 e. The minimum absolute atomic E-state index is 0.474. The SMILES string of the molecule is CCCC(C)(C1CCC(N)CC1)C1CCC(N)CC1. The van der Waals surface area contributed by atoms with Gasteiger partial charge in [0.05, 0.1) is 0 Å². The van der Waals surface area contributed by atoms with Crippen molar-refractivity contribution in [1.29, 1.82) is 0 Å². The molecule has 0 aliphatic heterocycles. The molecule has 0 aromatic rings. The first-order valence-electron chi connectivity index (χ1n) is 8.57. The summed E-state index contributed by atoms with van der Waals surface area (Å²) in [7, 11) is 0. The lowest BCUT2D eigenvalue weighted by Crippen LogP contribution is -2.42. The van der Waals surface area contributed by atoms with E-state index in [-0.39, 0.29) is 0 Å². The molecule has 2 aliphatic carbocycles. The molecule has 2 nitrogen and oxygen atoms in total. The van der Waals surface area contributed by atoms with E-state index in [2.05, 4.69) is 13.8 Å². The lowest BCUT2D eigenvalue weighted by atomic mass is 9.57. The highest BCUT2D eigenvalue weighted by molar-refractivity contribution is 4.93. The Bertz CT molecular complexity index is 238. The van der Waals surface area contributed by atoms with Crippen molar-refractivity contribution in [3.63, 3.8) is 0 Å². The molecule has 0 heterocycles. The summed E-state index contributed by atoms with van der Waals surface area (Å²) in [6, 6.07) is 0.948. The van der Waals surface area contributed by atoms with Gasteiger partial charge in [-0.05, 0) is 75.0 Å². The standard InChI is InChI=1S/C17H34N2/c1-3-12-17(2,13-4-8-15(18)9-5-13)14-6-10-16(19)11-7-14/h13-16H,3-12,18-19H2,1-2H3. The van der Waals surface area contributed by atoms with E-state index >= 15 is 0 Å². The summed E-state index contributed by atoms with van der Waals surface area (Å²) in [6.07, 6.45) is 13.1. The molecular weight excluding hydrogens is 232 g/mol. The predicted molar refractivity (Wildman–Crippen MR) is 82.9 cm³/mol. The van der Waals surface area contributed by atoms with Crippen molar-refractivity contribution in [3.8, 4) is 0 Å². The fraction of sp³-hybridized carbons (Fsp3) is 1.00. The maximum Gasteiger partial charge on any atom is 0.00390 e. The topological polar surface area (TPSA) is 52.0 Å². The molecule has 0 spiro atoms. The van der Waals surface area contributed by atoms with Gasteiger partial charge in [0.25, 0.3) is 0 Å². The van der Waals surface area contributed by atoms with Crippen molar-refractivity contribution in [2.45, 2.75) is 90.1 Å². The molecule has 2 rings (SSSR count). The lowest BCUT2D eigenvalue weighted by molar-refractivity contribution is 0.0255. The fourth-order valence-electron chi connectivity index (χ4n) is 4.84. The highest BCUT2D eigenvalue weighted by Gasteiger charge is 2.42. The average molecular weight is 266 g/mol. The van der Waals surface area contributed by atoms with Gasteiger partial charge in [-0.1, -0.05) is 20.3 Å². The molecule has 0 aromatic heterocycles. The quantitative estimate of drug-likeness (QED) is 0.812. The van der Waals surface area contributed by atoms with Crippen LogP contribution in [-0.4, -0.2) is 12.1 Å². The summed E-state index contributed by atoms with van der Waals surface area (Å²) in [5.74, 6) is 1.82. The zero-order valence-electron chi connectivity index (χ0n) is 13.0. The number of rotatable bonds is 4. The molecule has 0 saturated heterocycles. The molecule has 0 radical (unpaired) electrons. The largest absolute Gasteiger partial charge is 0.328 e. The van der Waals surface area contributed by atoms with Crippen LogP contribution in [0.15, 0.2) is 0 Å². The van der Waals surface area contributed by atoms with Crippen LogP contribution in [0.3, 0.4) is 0 Å². The average Bonchev–Trinajstić information content (AvgIpc) is 2.40. The van der Waals surface area contributed by atoms with E-state index in [1.54, 1.807) is 0 Å². The predicted octanol–water partition coefficient (Wildman–Crippen LogP) is 3.83. The van der Waals surface area contributed by atoms with Gasteiger partial charge in [0.15, 0.2) is 0 Å². The summed E-state index contributed by atoms with van der Waals surface area (Å²) in [6.45, 7) is 4.93. The summed E-state index contributed by atoms with van der Waals surface area (Å²) in [4.78, 5) is 0. The van der Waals surface area contributed by atoms with Gasteiger partial charge in [-0.3, -0.25) is 0 Å². The van der Waals surface area contributed by atoms with Gasteiger partial charge >= 0.3 is 0 Å². The Hall–Kier alpha value is -0.0800. The van der Waals surface area contributed by atoms with Gasteiger partial charge in [-0.15, -0.1) is 0 Å². The maximum absolute atomic E-state index is 6.09. The number of hydrogen-bond donors (Lipinski definition) is 2. The van der Waals surface area contributed by atoms with E-state index in [0.29, 0.717) is 17.5 Å². The van der Waals surface area contributed by atoms with E-state index in [0.717, 1.165) is 11.8 Å². The van der Waals surface area contributed by atoms with E-state index in [1.165, 1.54) is 64.2 Å². The highest BCUT2D eigenvalue weighted by atomic mass is 14.7. The van der Waals surface area contributed by atoms with Crippen LogP contribution >= 0.6 is 0 Å². The molecule has 2 heteroatoms. The van der Waals surface area contributed by atoms with Crippen LogP contribution in [0.2, 0.25) is 0 Å². The van der Waals surface area contributed by atoms with Gasteiger partial charge in [0.1, 0.15) is 0 Å². The summed E-state index contributed by atoms with van der Waals surface area (Å²) in [5.41, 5.74) is 12.7. The van der Waals surface area contributed by atoms with E-state index < -0.39 is 0 Å². The maximum atomic E-state index is 6.09. The highest BCUT2D eigenvalue weighted by Crippen LogP contribution is 2.51. The first kappa shape index (κ1) is 15.3. The number of hydrogen-bond acceptors (Lipinski definition) is 2. The normalized spacial score (nSPS) is 39.8. The minimum atomic E-state index is 0.474. The van der Waals surface area contributed by atoms with Gasteiger partial charge in [-0.2, -0.15) is 0 Å². The van der Waals surface area contributed by atoms with Gasteiger partial charge in [-0.25, -0.2) is 0 Å². The Morgan fingerprint density at radius 3 is 1.47 bits per heavy atom. The monoisotopic (exact) mass is 266 g/mol. The van der Waals surface area contributed by atoms with Crippen molar-refractivity contribution in [2.24, 2.45) is 28.7 Å². The van der Waals surface area contributed by atoms with Crippen molar-refractivity contribution in [1.82, 2.24) is 0 Å². The van der Waals surface area contributed by atoms with Crippen LogP contribution in [0.1, 0.15) is 78.1 Å². The summed E-state index contributed by atoms with van der Waals surface area (Å²) >= 11 is 0. The third-order valence-corrected chi connectivity index (χ3v) is 6.20. The molecule has 2 saturated carbocycles. The minimum Gasteiger partial charge on any atom is -0.328 e. The third kappa shape index (κ3) is 3.52. The third-order valence-electron chi connectivity index (χ3n) is 6.20. The fourth-order valence-corrected chi connectivity index (χ4v) is 4.84. The molecule has 0 unspecified atom stereocenters. The molecule has 0 aromatic carbocycles. The van der Waals surface area contributed by atoms with Crippen molar-refractivity contribution >= 4 is 0 Å². The number of nitrogens with two attached hydrogens (primary N) is 2. The Kier molecular flexibility index (Phi) is 5.30. The van der Waals surface area contributed by atoms with Gasteiger partial charge in [0, 0.05) is 12.1 Å². The van der Waals surface area contributed by atoms with Crippen LogP contribution in [-0.2, 0) is 0 Å². The Morgan fingerprint density at radius 2 is 1.16 bits per heavy atom. The van der Waals surface area contributed by atoms with Crippen molar-refractivity contribution in [3.05, 3.63) is 0 Å². The summed E-state index contributed by atoms with van der Waals surface area (Å²) in [5, 5.41) is 0. The summed E-state index contributed by atoms with van der Waals surface area (Å²) < 4.78 is 0. The van der Waals surface area contributed by atoms with Crippen molar-refractivity contribution < 1.29 is 0 Å². The van der Waals surface area contributed by atoms with E-state index in [1.807, 2.05) is 0 Å². The first-order valence-corrected chi connectivity index (χ1v) is 8.57. The van der Waals surface area contributed by atoms with Crippen LogP contribution in [0.4, 0.5) is 0 Å². The first-order chi connectivity index (χ1) is 9.06. The second-order valence-electron chi connectivity index (χ2n) is 7.48. The molecule has 2 fully saturated rings. The second kappa shape index (κ2) is 6.58. The van der Waals surface area contributed by atoms with Crippen LogP contribution < -0.4 is 11.5 Å². The van der Waals surface area contributed by atoms with E-state index in [9.17, 15) is 0 Å². The van der Waals surface area contributed by atoms with E-state index in [4.69, 9.17) is 11.5 Å².